The topological polar surface area (TPSA) is 104 Å². The molecule has 0 spiro atoms. The maximum atomic E-state index is 13.1. The molecule has 3 fully saturated rings. The van der Waals surface area contributed by atoms with Crippen LogP contribution in [-0.4, -0.2) is 67.7 Å². The third-order valence-corrected chi connectivity index (χ3v) is 9.11. The Balaban J connectivity index is 1.53. The Labute approximate surface area is 195 Å². The number of anilines is 1. The van der Waals surface area contributed by atoms with E-state index in [1.807, 2.05) is 16.7 Å². The number of benzene rings is 1. The fourth-order valence-corrected chi connectivity index (χ4v) is 7.02. The van der Waals surface area contributed by atoms with Crippen molar-refractivity contribution < 1.29 is 18.1 Å². The second-order valence-corrected chi connectivity index (χ2v) is 11.6. The first-order valence-corrected chi connectivity index (χ1v) is 13.5. The third-order valence-electron chi connectivity index (χ3n) is 7.25. The molecular formula is C23H34N4O5S. The minimum absolute atomic E-state index is 0.0279. The molecule has 182 valence electrons. The van der Waals surface area contributed by atoms with Gasteiger partial charge in [0.05, 0.1) is 9.82 Å². The average Bonchev–Trinajstić information content (AvgIpc) is 3.23. The van der Waals surface area contributed by atoms with Crippen molar-refractivity contribution in [3.8, 4) is 0 Å². The molecule has 0 radical (unpaired) electrons. The van der Waals surface area contributed by atoms with E-state index >= 15 is 0 Å². The van der Waals surface area contributed by atoms with E-state index in [-0.39, 0.29) is 28.3 Å². The summed E-state index contributed by atoms with van der Waals surface area (Å²) in [4.78, 5) is 28.0. The first-order chi connectivity index (χ1) is 15.8. The van der Waals surface area contributed by atoms with Crippen LogP contribution < -0.4 is 4.90 Å². The van der Waals surface area contributed by atoms with E-state index in [1.54, 1.807) is 6.07 Å². The normalized spacial score (nSPS) is 23.5. The second kappa shape index (κ2) is 9.97. The van der Waals surface area contributed by atoms with Crippen LogP contribution in [0.25, 0.3) is 0 Å². The molecule has 1 atom stereocenters. The molecule has 10 heteroatoms. The summed E-state index contributed by atoms with van der Waals surface area (Å²) in [6.45, 7) is 5.17. The highest BCUT2D eigenvalue weighted by Crippen LogP contribution is 2.34. The fraction of sp³-hybridized carbons (Fsp3) is 0.696. The molecular weight excluding hydrogens is 444 g/mol. The highest BCUT2D eigenvalue weighted by molar-refractivity contribution is 7.89. The number of amides is 1. The van der Waals surface area contributed by atoms with Gasteiger partial charge in [-0.2, -0.15) is 4.31 Å². The van der Waals surface area contributed by atoms with Gasteiger partial charge in [-0.3, -0.25) is 14.9 Å². The van der Waals surface area contributed by atoms with E-state index in [4.69, 9.17) is 0 Å². The molecule has 2 heterocycles. The number of nitro benzene ring substituents is 1. The molecule has 9 nitrogen and oxygen atoms in total. The Morgan fingerprint density at radius 3 is 2.45 bits per heavy atom. The molecule has 3 aliphatic rings. The Morgan fingerprint density at radius 1 is 1.00 bits per heavy atom. The molecule has 1 aromatic carbocycles. The van der Waals surface area contributed by atoms with Gasteiger partial charge in [-0.05, 0) is 50.2 Å². The van der Waals surface area contributed by atoms with Gasteiger partial charge in [-0.1, -0.05) is 19.8 Å². The summed E-state index contributed by atoms with van der Waals surface area (Å²) in [5.74, 6) is 0.601. The predicted molar refractivity (Wildman–Crippen MR) is 126 cm³/mol. The van der Waals surface area contributed by atoms with Gasteiger partial charge in [0.25, 0.3) is 5.69 Å². The second-order valence-electron chi connectivity index (χ2n) is 9.67. The smallest absolute Gasteiger partial charge is 0.293 e. The lowest BCUT2D eigenvalue weighted by molar-refractivity contribution is -0.384. The lowest BCUT2D eigenvalue weighted by Gasteiger charge is -2.30. The number of rotatable bonds is 5. The minimum Gasteiger partial charge on any atom is -0.364 e. The molecule has 0 bridgehead atoms. The van der Waals surface area contributed by atoms with Crippen LogP contribution in [0.5, 0.6) is 0 Å². The van der Waals surface area contributed by atoms with Crippen molar-refractivity contribution in [1.29, 1.82) is 0 Å². The van der Waals surface area contributed by atoms with Gasteiger partial charge >= 0.3 is 0 Å². The highest BCUT2D eigenvalue weighted by Gasteiger charge is 2.33. The van der Waals surface area contributed by atoms with Crippen molar-refractivity contribution in [1.82, 2.24) is 9.21 Å². The summed E-state index contributed by atoms with van der Waals surface area (Å²) in [5, 5.41) is 11.9. The zero-order chi connectivity index (χ0) is 23.6. The van der Waals surface area contributed by atoms with E-state index < -0.39 is 14.9 Å². The van der Waals surface area contributed by atoms with Crippen LogP contribution in [0.4, 0.5) is 11.4 Å². The third kappa shape index (κ3) is 5.16. The van der Waals surface area contributed by atoms with E-state index in [0.717, 1.165) is 44.9 Å². The van der Waals surface area contributed by atoms with Gasteiger partial charge in [0.2, 0.25) is 15.9 Å². The molecule has 1 aromatic rings. The number of carbonyl (C=O) groups is 1. The van der Waals surface area contributed by atoms with E-state index in [1.165, 1.54) is 16.4 Å². The molecule has 1 saturated carbocycles. The van der Waals surface area contributed by atoms with Crippen LogP contribution in [0.3, 0.4) is 0 Å². The van der Waals surface area contributed by atoms with Crippen molar-refractivity contribution in [2.45, 2.75) is 56.8 Å². The molecule has 0 N–H and O–H groups in total. The number of piperidine rings is 1. The van der Waals surface area contributed by atoms with Crippen molar-refractivity contribution in [2.24, 2.45) is 11.8 Å². The van der Waals surface area contributed by atoms with Crippen LogP contribution in [0.1, 0.15) is 51.9 Å². The molecule has 1 amide bonds. The summed E-state index contributed by atoms with van der Waals surface area (Å²) in [7, 11) is -3.78. The van der Waals surface area contributed by atoms with Gasteiger partial charge in [-0.25, -0.2) is 8.42 Å². The van der Waals surface area contributed by atoms with Crippen LogP contribution in [-0.2, 0) is 14.8 Å². The quantitative estimate of drug-likeness (QED) is 0.475. The maximum absolute atomic E-state index is 13.1. The number of hydrogen-bond acceptors (Lipinski definition) is 6. The predicted octanol–water partition coefficient (Wildman–Crippen LogP) is 3.24. The van der Waals surface area contributed by atoms with Crippen molar-refractivity contribution in [2.75, 3.05) is 44.2 Å². The lowest BCUT2D eigenvalue weighted by Crippen LogP contribution is -2.39. The summed E-state index contributed by atoms with van der Waals surface area (Å²) in [6.07, 6.45) is 6.63. The maximum Gasteiger partial charge on any atom is 0.293 e. The number of nitro groups is 1. The lowest BCUT2D eigenvalue weighted by atomic mass is 10.0. The molecule has 0 aromatic heterocycles. The molecule has 33 heavy (non-hydrogen) atoms. The van der Waals surface area contributed by atoms with E-state index in [2.05, 4.69) is 0 Å². The SMILES string of the molecule is C[C@@H]1CCCN(S(=O)(=O)c2ccc(N3CCCN(C(=O)C4CCCC4)CC3)c([N+](=O)[O-])c2)C1. The van der Waals surface area contributed by atoms with Crippen LogP contribution in [0.2, 0.25) is 0 Å². The van der Waals surface area contributed by atoms with Gasteiger partial charge in [0, 0.05) is 51.3 Å². The zero-order valence-corrected chi connectivity index (χ0v) is 20.1. The molecule has 1 aliphatic carbocycles. The molecule has 4 rings (SSSR count). The standard InChI is InChI=1S/C23H34N4O5S/c1-18-6-4-13-26(17-18)33(31,32)20-9-10-21(22(16-20)27(29)30)24-11-5-12-25(15-14-24)23(28)19-7-2-3-8-19/h9-10,16,18-19H,2-8,11-15,17H2,1H3/t18-/m1/s1. The number of hydrogen-bond donors (Lipinski definition) is 0. The summed E-state index contributed by atoms with van der Waals surface area (Å²) in [6, 6.07) is 4.26. The molecule has 2 aliphatic heterocycles. The summed E-state index contributed by atoms with van der Waals surface area (Å²) >= 11 is 0. The Hall–Kier alpha value is -2.20. The minimum atomic E-state index is -3.78. The van der Waals surface area contributed by atoms with Crippen LogP contribution >= 0.6 is 0 Å². The van der Waals surface area contributed by atoms with Gasteiger partial charge in [-0.15, -0.1) is 0 Å². The average molecular weight is 479 g/mol. The van der Waals surface area contributed by atoms with Gasteiger partial charge in [0.1, 0.15) is 5.69 Å². The van der Waals surface area contributed by atoms with Gasteiger partial charge in [0.15, 0.2) is 0 Å². The van der Waals surface area contributed by atoms with Gasteiger partial charge < -0.3 is 9.80 Å². The first-order valence-electron chi connectivity index (χ1n) is 12.1. The molecule has 2 saturated heterocycles. The highest BCUT2D eigenvalue weighted by atomic mass is 32.2. The number of nitrogens with zero attached hydrogens (tertiary/aromatic N) is 4. The largest absolute Gasteiger partial charge is 0.364 e. The Morgan fingerprint density at radius 2 is 1.76 bits per heavy atom. The van der Waals surface area contributed by atoms with Crippen LogP contribution in [0.15, 0.2) is 23.1 Å². The summed E-state index contributed by atoms with van der Waals surface area (Å²) < 4.78 is 27.7. The van der Waals surface area contributed by atoms with Crippen molar-refractivity contribution in [3.63, 3.8) is 0 Å². The Kier molecular flexibility index (Phi) is 7.23. The van der Waals surface area contributed by atoms with Crippen LogP contribution in [0, 0.1) is 22.0 Å². The Bertz CT molecular complexity index is 993. The fourth-order valence-electron chi connectivity index (χ4n) is 5.40. The van der Waals surface area contributed by atoms with E-state index in [9.17, 15) is 23.3 Å². The van der Waals surface area contributed by atoms with E-state index in [0.29, 0.717) is 45.0 Å². The van der Waals surface area contributed by atoms with Crippen molar-refractivity contribution >= 4 is 27.3 Å². The first kappa shape index (κ1) is 23.9. The zero-order valence-electron chi connectivity index (χ0n) is 19.3. The van der Waals surface area contributed by atoms with Crippen molar-refractivity contribution in [3.05, 3.63) is 28.3 Å². The molecule has 0 unspecified atom stereocenters. The summed E-state index contributed by atoms with van der Waals surface area (Å²) in [5.41, 5.74) is 0.220. The number of sulfonamides is 1. The monoisotopic (exact) mass is 478 g/mol. The number of carbonyl (C=O) groups excluding carboxylic acids is 1.